The van der Waals surface area contributed by atoms with E-state index < -0.39 is 0 Å². The van der Waals surface area contributed by atoms with Crippen LogP contribution in [0.2, 0.25) is 0 Å². The van der Waals surface area contributed by atoms with Crippen LogP contribution in [0, 0.1) is 5.92 Å². The van der Waals surface area contributed by atoms with Gasteiger partial charge in [0.15, 0.2) is 0 Å². The zero-order chi connectivity index (χ0) is 15.0. The Morgan fingerprint density at radius 1 is 1.20 bits per heavy atom. The monoisotopic (exact) mass is 285 g/mol. The third-order valence-corrected chi connectivity index (χ3v) is 4.75. The van der Waals surface area contributed by atoms with E-state index in [0.717, 1.165) is 39.0 Å². The van der Waals surface area contributed by atoms with Crippen molar-refractivity contribution < 1.29 is 5.11 Å². The van der Waals surface area contributed by atoms with Gasteiger partial charge in [0.1, 0.15) is 0 Å². The second-order valence-corrected chi connectivity index (χ2v) is 6.73. The van der Waals surface area contributed by atoms with E-state index in [0.29, 0.717) is 12.5 Å². The smallest absolute Gasteiger partial charge is 0.0616 e. The highest BCUT2D eigenvalue weighted by Crippen LogP contribution is 2.37. The SMILES string of the molecule is CCCNC1(CO)CCCC1CCN(C)CCN(C)C. The highest BCUT2D eigenvalue weighted by atomic mass is 16.3. The molecule has 4 nitrogen and oxygen atoms in total. The number of nitrogens with one attached hydrogen (secondary N) is 1. The van der Waals surface area contributed by atoms with Crippen molar-refractivity contribution in [1.29, 1.82) is 0 Å². The molecule has 1 rings (SSSR count). The molecule has 1 aliphatic rings. The molecule has 0 heterocycles. The van der Waals surface area contributed by atoms with Gasteiger partial charge in [-0.15, -0.1) is 0 Å². The van der Waals surface area contributed by atoms with Crippen LogP contribution >= 0.6 is 0 Å². The van der Waals surface area contributed by atoms with E-state index in [1.54, 1.807) is 0 Å². The van der Waals surface area contributed by atoms with Gasteiger partial charge < -0.3 is 20.2 Å². The van der Waals surface area contributed by atoms with Crippen LogP contribution in [0.15, 0.2) is 0 Å². The zero-order valence-electron chi connectivity index (χ0n) is 14.0. The number of aliphatic hydroxyl groups is 1. The Morgan fingerprint density at radius 2 is 1.95 bits per heavy atom. The van der Waals surface area contributed by atoms with Gasteiger partial charge in [-0.3, -0.25) is 0 Å². The topological polar surface area (TPSA) is 38.7 Å². The summed E-state index contributed by atoms with van der Waals surface area (Å²) in [5.41, 5.74) is -0.00159. The van der Waals surface area contributed by atoms with Crippen molar-refractivity contribution in [1.82, 2.24) is 15.1 Å². The molecule has 0 radical (unpaired) electrons. The summed E-state index contributed by atoms with van der Waals surface area (Å²) in [6.07, 6.45) is 5.98. The fourth-order valence-corrected chi connectivity index (χ4v) is 3.29. The molecule has 0 aromatic rings. The minimum Gasteiger partial charge on any atom is -0.394 e. The molecular weight excluding hydrogens is 250 g/mol. The lowest BCUT2D eigenvalue weighted by atomic mass is 9.85. The van der Waals surface area contributed by atoms with Gasteiger partial charge in [-0.05, 0) is 65.8 Å². The van der Waals surface area contributed by atoms with E-state index >= 15 is 0 Å². The van der Waals surface area contributed by atoms with E-state index in [9.17, 15) is 5.11 Å². The third kappa shape index (κ3) is 5.32. The molecule has 120 valence electrons. The van der Waals surface area contributed by atoms with E-state index in [-0.39, 0.29) is 5.54 Å². The summed E-state index contributed by atoms with van der Waals surface area (Å²) >= 11 is 0. The molecule has 2 unspecified atom stereocenters. The fraction of sp³-hybridized carbons (Fsp3) is 1.00. The van der Waals surface area contributed by atoms with Crippen molar-refractivity contribution in [3.05, 3.63) is 0 Å². The predicted molar refractivity (Wildman–Crippen MR) is 86.1 cm³/mol. The van der Waals surface area contributed by atoms with Gasteiger partial charge in [-0.25, -0.2) is 0 Å². The molecule has 0 aromatic carbocycles. The first-order valence-electron chi connectivity index (χ1n) is 8.23. The first-order valence-corrected chi connectivity index (χ1v) is 8.23. The Kier molecular flexibility index (Phi) is 8.03. The lowest BCUT2D eigenvalue weighted by molar-refractivity contribution is 0.113. The standard InChI is InChI=1S/C16H35N3O/c1-5-10-17-16(14-20)9-6-7-15(16)8-11-19(4)13-12-18(2)3/h15,17,20H,5-14H2,1-4H3. The molecule has 0 aliphatic heterocycles. The summed E-state index contributed by atoms with van der Waals surface area (Å²) in [4.78, 5) is 4.65. The maximum atomic E-state index is 9.87. The average Bonchev–Trinajstić information content (AvgIpc) is 2.84. The lowest BCUT2D eigenvalue weighted by Gasteiger charge is -2.36. The van der Waals surface area contributed by atoms with E-state index in [4.69, 9.17) is 0 Å². The van der Waals surface area contributed by atoms with Gasteiger partial charge in [-0.1, -0.05) is 13.3 Å². The van der Waals surface area contributed by atoms with E-state index in [2.05, 4.69) is 43.2 Å². The number of likely N-dealkylation sites (N-methyl/N-ethyl adjacent to an activating group) is 2. The van der Waals surface area contributed by atoms with Crippen molar-refractivity contribution in [3.63, 3.8) is 0 Å². The molecule has 20 heavy (non-hydrogen) atoms. The number of aliphatic hydroxyl groups excluding tert-OH is 1. The first-order chi connectivity index (χ1) is 9.54. The van der Waals surface area contributed by atoms with Crippen molar-refractivity contribution in [2.75, 3.05) is 53.9 Å². The Morgan fingerprint density at radius 3 is 2.55 bits per heavy atom. The van der Waals surface area contributed by atoms with Crippen molar-refractivity contribution in [3.8, 4) is 0 Å². The minimum atomic E-state index is -0.00159. The number of rotatable bonds is 10. The average molecular weight is 285 g/mol. The van der Waals surface area contributed by atoms with E-state index in [1.807, 2.05) is 0 Å². The molecule has 1 fully saturated rings. The summed E-state index contributed by atoms with van der Waals surface area (Å²) < 4.78 is 0. The Hall–Kier alpha value is -0.160. The normalized spacial score (nSPS) is 26.9. The number of hydrogen-bond acceptors (Lipinski definition) is 4. The molecule has 0 spiro atoms. The van der Waals surface area contributed by atoms with Gasteiger partial charge in [-0.2, -0.15) is 0 Å². The molecular formula is C16H35N3O. The third-order valence-electron chi connectivity index (χ3n) is 4.75. The first kappa shape index (κ1) is 17.9. The quantitative estimate of drug-likeness (QED) is 0.636. The van der Waals surface area contributed by atoms with Crippen molar-refractivity contribution in [2.45, 2.75) is 44.6 Å². The molecule has 0 aromatic heterocycles. The van der Waals surface area contributed by atoms with Crippen LogP contribution < -0.4 is 5.32 Å². The summed E-state index contributed by atoms with van der Waals surface area (Å²) in [6.45, 7) is 6.87. The van der Waals surface area contributed by atoms with E-state index in [1.165, 1.54) is 19.3 Å². The molecule has 4 heteroatoms. The maximum Gasteiger partial charge on any atom is 0.0616 e. The molecule has 0 saturated heterocycles. The summed E-state index contributed by atoms with van der Waals surface area (Å²) in [5, 5.41) is 13.5. The second kappa shape index (κ2) is 8.98. The molecule has 2 atom stereocenters. The number of hydrogen-bond donors (Lipinski definition) is 2. The highest BCUT2D eigenvalue weighted by Gasteiger charge is 2.41. The molecule has 1 aliphatic carbocycles. The Labute approximate surface area is 125 Å². The predicted octanol–water partition coefficient (Wildman–Crippen LogP) is 1.40. The Balaban J connectivity index is 2.40. The van der Waals surface area contributed by atoms with Crippen molar-refractivity contribution in [2.24, 2.45) is 5.92 Å². The van der Waals surface area contributed by atoms with Crippen molar-refractivity contribution >= 4 is 0 Å². The summed E-state index contributed by atoms with van der Waals surface area (Å²) in [5.74, 6) is 0.626. The maximum absolute atomic E-state index is 9.87. The van der Waals surface area contributed by atoms with Gasteiger partial charge in [0.25, 0.3) is 0 Å². The van der Waals surface area contributed by atoms with Gasteiger partial charge in [0, 0.05) is 18.6 Å². The molecule has 2 N–H and O–H groups in total. The van der Waals surface area contributed by atoms with Crippen LogP contribution in [0.25, 0.3) is 0 Å². The van der Waals surface area contributed by atoms with Crippen LogP contribution in [0.5, 0.6) is 0 Å². The van der Waals surface area contributed by atoms with Gasteiger partial charge in [0.2, 0.25) is 0 Å². The number of nitrogens with zero attached hydrogens (tertiary/aromatic N) is 2. The Bertz CT molecular complexity index is 260. The fourth-order valence-electron chi connectivity index (χ4n) is 3.29. The molecule has 0 amide bonds. The zero-order valence-corrected chi connectivity index (χ0v) is 14.0. The molecule has 1 saturated carbocycles. The van der Waals surface area contributed by atoms with Gasteiger partial charge in [0.05, 0.1) is 6.61 Å². The largest absolute Gasteiger partial charge is 0.394 e. The lowest BCUT2D eigenvalue weighted by Crippen LogP contribution is -2.52. The molecule has 0 bridgehead atoms. The van der Waals surface area contributed by atoms with Crippen LogP contribution in [-0.4, -0.2) is 74.4 Å². The highest BCUT2D eigenvalue weighted by molar-refractivity contribution is 4.99. The summed E-state index contributed by atoms with van der Waals surface area (Å²) in [7, 11) is 6.45. The minimum absolute atomic E-state index is 0.00159. The van der Waals surface area contributed by atoms with Crippen LogP contribution in [0.4, 0.5) is 0 Å². The van der Waals surface area contributed by atoms with Crippen LogP contribution in [0.3, 0.4) is 0 Å². The second-order valence-electron chi connectivity index (χ2n) is 6.73. The van der Waals surface area contributed by atoms with Crippen LogP contribution in [-0.2, 0) is 0 Å². The van der Waals surface area contributed by atoms with Crippen LogP contribution in [0.1, 0.15) is 39.0 Å². The summed E-state index contributed by atoms with van der Waals surface area (Å²) in [6, 6.07) is 0. The van der Waals surface area contributed by atoms with Gasteiger partial charge >= 0.3 is 0 Å².